The Labute approximate surface area is 352 Å². The molecule has 4 nitrogen and oxygen atoms in total. The molecule has 2 heterocycles. The summed E-state index contributed by atoms with van der Waals surface area (Å²) in [6.07, 6.45) is 19.7. The summed E-state index contributed by atoms with van der Waals surface area (Å²) in [7, 11) is 0. The first-order valence-electron chi connectivity index (χ1n) is 21.7. The summed E-state index contributed by atoms with van der Waals surface area (Å²) in [6, 6.07) is 50.1. The van der Waals surface area contributed by atoms with E-state index in [1.54, 1.807) is 16.7 Å². The molecular weight excluding hydrogens is 733 g/mol. The minimum Gasteiger partial charge on any atom is -0.453 e. The lowest BCUT2D eigenvalue weighted by Gasteiger charge is -2.41. The molecule has 1 saturated carbocycles. The van der Waals surface area contributed by atoms with Crippen molar-refractivity contribution in [3.05, 3.63) is 203 Å². The summed E-state index contributed by atoms with van der Waals surface area (Å²) < 4.78 is 12.7. The SMILES string of the molecule is CC1CC2=C(C=C1N1C3=C(C=CCC3)Oc3ccccc31)C1(CCCC1)c1cc(/C=C/c3ccc(-c4ccc(N5c6ccccc6Oc6ccccc65)cc4)cc3)ccc12. The fourth-order valence-electron chi connectivity index (χ4n) is 10.8. The molecule has 60 heavy (non-hydrogen) atoms. The molecule has 1 atom stereocenters. The van der Waals surface area contributed by atoms with Crippen LogP contribution in [0.25, 0.3) is 28.9 Å². The van der Waals surface area contributed by atoms with Gasteiger partial charge in [-0.2, -0.15) is 0 Å². The molecule has 0 bridgehead atoms. The molecule has 1 unspecified atom stereocenters. The fourth-order valence-corrected chi connectivity index (χ4v) is 10.8. The summed E-state index contributed by atoms with van der Waals surface area (Å²) in [5.41, 5.74) is 18.2. The van der Waals surface area contributed by atoms with Crippen LogP contribution in [0.4, 0.5) is 22.7 Å². The molecular formula is C56H46N2O2. The Morgan fingerprint density at radius 2 is 1.23 bits per heavy atom. The van der Waals surface area contributed by atoms with Crippen molar-refractivity contribution in [3.8, 4) is 28.4 Å². The number of rotatable bonds is 5. The van der Waals surface area contributed by atoms with Crippen LogP contribution in [0, 0.1) is 5.92 Å². The zero-order chi connectivity index (χ0) is 39.8. The van der Waals surface area contributed by atoms with Crippen LogP contribution in [0.5, 0.6) is 17.2 Å². The van der Waals surface area contributed by atoms with E-state index in [1.807, 2.05) is 24.3 Å². The number of para-hydroxylation sites is 6. The van der Waals surface area contributed by atoms with Crippen molar-refractivity contribution in [2.24, 2.45) is 5.92 Å². The normalized spacial score (nSPS) is 19.3. The molecule has 0 aromatic heterocycles. The first kappa shape index (κ1) is 35.2. The van der Waals surface area contributed by atoms with Crippen molar-refractivity contribution >= 4 is 40.5 Å². The van der Waals surface area contributed by atoms with Crippen LogP contribution in [-0.4, -0.2) is 0 Å². The molecule has 0 N–H and O–H groups in total. The van der Waals surface area contributed by atoms with Gasteiger partial charge in [0.1, 0.15) is 5.76 Å². The fraction of sp³-hybridized carbons (Fsp3) is 0.179. The third kappa shape index (κ3) is 5.58. The number of nitrogens with zero attached hydrogens (tertiary/aromatic N) is 2. The molecule has 6 aliphatic rings. The minimum atomic E-state index is 0.0845. The molecule has 292 valence electrons. The largest absolute Gasteiger partial charge is 0.453 e. The maximum atomic E-state index is 6.46. The molecule has 6 aromatic rings. The van der Waals surface area contributed by atoms with E-state index >= 15 is 0 Å². The maximum Gasteiger partial charge on any atom is 0.151 e. The van der Waals surface area contributed by atoms with Gasteiger partial charge in [0, 0.05) is 22.7 Å². The average molecular weight is 779 g/mol. The van der Waals surface area contributed by atoms with Crippen LogP contribution in [0.2, 0.25) is 0 Å². The quantitative estimate of drug-likeness (QED) is 0.163. The first-order chi connectivity index (χ1) is 29.6. The number of benzene rings is 6. The van der Waals surface area contributed by atoms with E-state index in [2.05, 4.69) is 162 Å². The second-order valence-corrected chi connectivity index (χ2v) is 17.2. The number of allylic oxidation sites excluding steroid dienone is 7. The minimum absolute atomic E-state index is 0.0845. The van der Waals surface area contributed by atoms with Gasteiger partial charge in [0.2, 0.25) is 0 Å². The highest BCUT2D eigenvalue weighted by Crippen LogP contribution is 2.60. The van der Waals surface area contributed by atoms with E-state index in [9.17, 15) is 0 Å². The maximum absolute atomic E-state index is 6.46. The van der Waals surface area contributed by atoms with E-state index in [1.165, 1.54) is 70.6 Å². The van der Waals surface area contributed by atoms with E-state index < -0.39 is 0 Å². The molecule has 0 saturated heterocycles. The van der Waals surface area contributed by atoms with Crippen molar-refractivity contribution in [2.75, 3.05) is 9.80 Å². The summed E-state index contributed by atoms with van der Waals surface area (Å²) >= 11 is 0. The van der Waals surface area contributed by atoms with Gasteiger partial charge in [0.15, 0.2) is 17.2 Å². The van der Waals surface area contributed by atoms with Crippen LogP contribution in [0.1, 0.15) is 74.1 Å². The smallest absolute Gasteiger partial charge is 0.151 e. The Bertz CT molecular complexity index is 2820. The van der Waals surface area contributed by atoms with Crippen molar-refractivity contribution < 1.29 is 9.47 Å². The number of fused-ring (bicyclic) bond motifs is 7. The number of ether oxygens (including phenoxy) is 2. The lowest BCUT2D eigenvalue weighted by Crippen LogP contribution is -2.33. The van der Waals surface area contributed by atoms with Crippen molar-refractivity contribution in [1.29, 1.82) is 0 Å². The molecule has 0 amide bonds. The number of hydrogen-bond acceptors (Lipinski definition) is 4. The van der Waals surface area contributed by atoms with Gasteiger partial charge in [-0.1, -0.05) is 129 Å². The van der Waals surface area contributed by atoms with Crippen molar-refractivity contribution in [1.82, 2.24) is 0 Å². The highest BCUT2D eigenvalue weighted by Gasteiger charge is 2.48. The molecule has 2 aliphatic heterocycles. The monoisotopic (exact) mass is 778 g/mol. The third-order valence-corrected chi connectivity index (χ3v) is 13.7. The Hall–Kier alpha value is -6.78. The van der Waals surface area contributed by atoms with Crippen molar-refractivity contribution in [2.45, 2.75) is 57.3 Å². The van der Waals surface area contributed by atoms with Gasteiger partial charge in [-0.3, -0.25) is 0 Å². The predicted molar refractivity (Wildman–Crippen MR) is 246 cm³/mol. The number of anilines is 4. The Balaban J connectivity index is 0.812. The van der Waals surface area contributed by atoms with E-state index in [0.29, 0.717) is 5.92 Å². The zero-order valence-corrected chi connectivity index (χ0v) is 33.9. The third-order valence-electron chi connectivity index (χ3n) is 13.7. The predicted octanol–water partition coefficient (Wildman–Crippen LogP) is 15.1. The van der Waals surface area contributed by atoms with Gasteiger partial charge in [0.05, 0.1) is 22.8 Å². The lowest BCUT2D eigenvalue weighted by molar-refractivity contribution is 0.416. The molecule has 4 aliphatic carbocycles. The molecule has 0 radical (unpaired) electrons. The van der Waals surface area contributed by atoms with Crippen LogP contribution < -0.4 is 19.3 Å². The van der Waals surface area contributed by atoms with Gasteiger partial charge in [-0.25, -0.2) is 0 Å². The lowest BCUT2D eigenvalue weighted by atomic mass is 9.73. The first-order valence-corrected chi connectivity index (χ1v) is 21.7. The molecule has 6 aromatic carbocycles. The van der Waals surface area contributed by atoms with Gasteiger partial charge in [-0.05, 0) is 137 Å². The molecule has 1 spiro atoms. The summed E-state index contributed by atoms with van der Waals surface area (Å²) in [6.45, 7) is 2.42. The highest BCUT2D eigenvalue weighted by molar-refractivity contribution is 5.88. The molecule has 12 rings (SSSR count). The Morgan fingerprint density at radius 1 is 0.633 bits per heavy atom. The second-order valence-electron chi connectivity index (χ2n) is 17.2. The zero-order valence-electron chi connectivity index (χ0n) is 33.9. The van der Waals surface area contributed by atoms with Gasteiger partial charge < -0.3 is 19.3 Å². The Kier molecular flexibility index (Phi) is 8.16. The van der Waals surface area contributed by atoms with Crippen LogP contribution in [-0.2, 0) is 5.41 Å². The summed E-state index contributed by atoms with van der Waals surface area (Å²) in [4.78, 5) is 4.85. The van der Waals surface area contributed by atoms with Gasteiger partial charge in [-0.15, -0.1) is 0 Å². The molecule has 4 heteroatoms. The topological polar surface area (TPSA) is 24.9 Å². The van der Waals surface area contributed by atoms with E-state index in [-0.39, 0.29) is 5.41 Å². The van der Waals surface area contributed by atoms with Crippen molar-refractivity contribution in [3.63, 3.8) is 0 Å². The highest BCUT2D eigenvalue weighted by atomic mass is 16.5. The Morgan fingerprint density at radius 3 is 1.93 bits per heavy atom. The average Bonchev–Trinajstić information content (AvgIpc) is 3.89. The van der Waals surface area contributed by atoms with E-state index in [0.717, 1.165) is 59.3 Å². The van der Waals surface area contributed by atoms with Crippen LogP contribution in [0.15, 0.2) is 180 Å². The summed E-state index contributed by atoms with van der Waals surface area (Å²) in [5, 5.41) is 0. The second kappa shape index (κ2) is 13.9. The van der Waals surface area contributed by atoms with Gasteiger partial charge in [0.25, 0.3) is 0 Å². The van der Waals surface area contributed by atoms with E-state index in [4.69, 9.17) is 9.47 Å². The standard InChI is InChI=1S/C56H46N2O2/c1-37-34-44-43-31-24-39(35-45(43)56(32-10-11-33-56)46(44)36-51(37)58-49-14-4-8-18-54(49)60-55-19-9-5-15-50(55)58)21-20-38-22-25-40(26-23-38)41-27-29-42(30-28-41)57-47-12-2-6-16-52(47)59-53-17-7-3-13-48(53)57/h2-4,6-9,12-14,16-31,35-37H,5,10-11,15,32-34H2,1H3/b21-20+. The summed E-state index contributed by atoms with van der Waals surface area (Å²) in [5.74, 6) is 4.06. The number of hydrogen-bond donors (Lipinski definition) is 0. The van der Waals surface area contributed by atoms with Crippen LogP contribution >= 0.6 is 0 Å². The van der Waals surface area contributed by atoms with Gasteiger partial charge >= 0.3 is 0 Å². The molecule has 1 fully saturated rings. The van der Waals surface area contributed by atoms with Crippen LogP contribution in [0.3, 0.4) is 0 Å².